The van der Waals surface area contributed by atoms with Crippen LogP contribution in [0.2, 0.25) is 0 Å². The van der Waals surface area contributed by atoms with Crippen LogP contribution in [0, 0.1) is 0 Å². The van der Waals surface area contributed by atoms with Gasteiger partial charge in [0.05, 0.1) is 6.54 Å². The van der Waals surface area contributed by atoms with Gasteiger partial charge in [-0.05, 0) is 24.1 Å². The number of rotatable bonds is 8. The topological polar surface area (TPSA) is 42.7 Å². The highest BCUT2D eigenvalue weighted by atomic mass is 15.3. The van der Waals surface area contributed by atoms with E-state index in [4.69, 9.17) is 0 Å². The van der Waals surface area contributed by atoms with E-state index < -0.39 is 0 Å². The third-order valence-electron chi connectivity index (χ3n) is 3.50. The molecule has 0 aliphatic rings. The lowest BCUT2D eigenvalue weighted by molar-refractivity contribution is 0.634. The van der Waals surface area contributed by atoms with Crippen LogP contribution in [0.4, 0.5) is 0 Å². The van der Waals surface area contributed by atoms with Gasteiger partial charge in [0.25, 0.3) is 0 Å². The maximum absolute atomic E-state index is 4.59. The van der Waals surface area contributed by atoms with E-state index in [1.54, 1.807) is 0 Å². The van der Waals surface area contributed by atoms with Crippen LogP contribution >= 0.6 is 0 Å². The largest absolute Gasteiger partial charge is 0.313 e. The van der Waals surface area contributed by atoms with E-state index in [0.29, 0.717) is 0 Å². The summed E-state index contributed by atoms with van der Waals surface area (Å²) in [6, 6.07) is 8.72. The predicted molar refractivity (Wildman–Crippen MR) is 86.3 cm³/mol. The molecule has 2 rings (SSSR count). The molecule has 1 aromatic heterocycles. The van der Waals surface area contributed by atoms with Gasteiger partial charge in [-0.2, -0.15) is 5.10 Å². The lowest BCUT2D eigenvalue weighted by Gasteiger charge is -2.08. The number of aromatic nitrogens is 3. The Hall–Kier alpha value is -1.68. The molecule has 0 fully saturated rings. The van der Waals surface area contributed by atoms with Crippen LogP contribution in [0.3, 0.4) is 0 Å². The molecule has 0 saturated heterocycles. The molecule has 0 aliphatic heterocycles. The van der Waals surface area contributed by atoms with Gasteiger partial charge in [0.1, 0.15) is 5.82 Å². The number of nitrogens with zero attached hydrogens (tertiary/aromatic N) is 3. The van der Waals surface area contributed by atoms with E-state index in [9.17, 15) is 0 Å². The zero-order chi connectivity index (χ0) is 15.1. The number of benzene rings is 1. The van der Waals surface area contributed by atoms with Crippen LogP contribution in [0.1, 0.15) is 50.0 Å². The van der Waals surface area contributed by atoms with Crippen LogP contribution in [0.5, 0.6) is 0 Å². The molecular formula is C17H26N4. The Bertz CT molecular complexity index is 560. The molecule has 0 radical (unpaired) electrons. The highest BCUT2D eigenvalue weighted by Crippen LogP contribution is 2.09. The minimum atomic E-state index is 0.803. The first-order valence-electron chi connectivity index (χ1n) is 7.97. The summed E-state index contributed by atoms with van der Waals surface area (Å²) in [6.07, 6.45) is 2.98. The highest BCUT2D eigenvalue weighted by Gasteiger charge is 2.07. The van der Waals surface area contributed by atoms with E-state index in [0.717, 1.165) is 50.5 Å². The maximum Gasteiger partial charge on any atom is 0.150 e. The molecular weight excluding hydrogens is 260 g/mol. The van der Waals surface area contributed by atoms with Crippen LogP contribution in [0.15, 0.2) is 24.3 Å². The van der Waals surface area contributed by atoms with Crippen molar-refractivity contribution in [2.24, 2.45) is 0 Å². The summed E-state index contributed by atoms with van der Waals surface area (Å²) >= 11 is 0. The number of hydrogen-bond donors (Lipinski definition) is 1. The van der Waals surface area contributed by atoms with E-state index in [2.05, 4.69) is 60.4 Å². The van der Waals surface area contributed by atoms with Crippen molar-refractivity contribution >= 4 is 0 Å². The van der Waals surface area contributed by atoms with Gasteiger partial charge >= 0.3 is 0 Å². The fourth-order valence-corrected chi connectivity index (χ4v) is 2.38. The molecule has 4 nitrogen and oxygen atoms in total. The van der Waals surface area contributed by atoms with Crippen LogP contribution < -0.4 is 5.32 Å². The summed E-state index contributed by atoms with van der Waals surface area (Å²) in [6.45, 7) is 9.21. The minimum absolute atomic E-state index is 0.803. The second-order valence-corrected chi connectivity index (χ2v) is 5.31. The summed E-state index contributed by atoms with van der Waals surface area (Å²) in [7, 11) is 0. The smallest absolute Gasteiger partial charge is 0.150 e. The van der Waals surface area contributed by atoms with Crippen molar-refractivity contribution in [1.82, 2.24) is 20.1 Å². The lowest BCUT2D eigenvalue weighted by atomic mass is 10.1. The first kappa shape index (κ1) is 15.7. The Morgan fingerprint density at radius 1 is 1.10 bits per heavy atom. The predicted octanol–water partition coefficient (Wildman–Crippen LogP) is 2.95. The molecule has 0 atom stereocenters. The second kappa shape index (κ2) is 7.93. The third kappa shape index (κ3) is 4.39. The Labute approximate surface area is 127 Å². The normalized spacial score (nSPS) is 11.0. The molecule has 0 bridgehead atoms. The van der Waals surface area contributed by atoms with Gasteiger partial charge in [-0.1, -0.05) is 45.0 Å². The third-order valence-corrected chi connectivity index (χ3v) is 3.50. The van der Waals surface area contributed by atoms with E-state index >= 15 is 0 Å². The van der Waals surface area contributed by atoms with Gasteiger partial charge in [0, 0.05) is 19.4 Å². The maximum atomic E-state index is 4.59. The molecule has 1 N–H and O–H groups in total. The first-order chi connectivity index (χ1) is 10.3. The molecule has 1 aromatic carbocycles. The molecule has 0 spiro atoms. The Kier molecular flexibility index (Phi) is 5.93. The fraction of sp³-hybridized carbons (Fsp3) is 0.529. The van der Waals surface area contributed by atoms with Crippen molar-refractivity contribution in [3.05, 3.63) is 47.0 Å². The van der Waals surface area contributed by atoms with Crippen molar-refractivity contribution in [2.75, 3.05) is 6.54 Å². The minimum Gasteiger partial charge on any atom is -0.313 e. The Morgan fingerprint density at radius 3 is 2.62 bits per heavy atom. The van der Waals surface area contributed by atoms with Gasteiger partial charge in [-0.3, -0.25) is 0 Å². The standard InChI is InChI=1S/C17H26N4/c1-4-10-18-12-14-8-7-9-15(11-14)13-21-17(6-3)19-16(5-2)20-21/h7-9,11,18H,4-6,10,12-13H2,1-3H3. The number of nitrogens with one attached hydrogen (secondary N) is 1. The van der Waals surface area contributed by atoms with Gasteiger partial charge in [0.2, 0.25) is 0 Å². The zero-order valence-electron chi connectivity index (χ0n) is 13.4. The quantitative estimate of drug-likeness (QED) is 0.759. The van der Waals surface area contributed by atoms with Gasteiger partial charge in [-0.25, -0.2) is 9.67 Å². The molecule has 2 aromatic rings. The zero-order valence-corrected chi connectivity index (χ0v) is 13.4. The number of aryl methyl sites for hydroxylation is 2. The average Bonchev–Trinajstić information content (AvgIpc) is 2.90. The van der Waals surface area contributed by atoms with Crippen molar-refractivity contribution in [1.29, 1.82) is 0 Å². The van der Waals surface area contributed by atoms with Crippen molar-refractivity contribution < 1.29 is 0 Å². The van der Waals surface area contributed by atoms with Gasteiger partial charge < -0.3 is 5.32 Å². The van der Waals surface area contributed by atoms with Gasteiger partial charge in [-0.15, -0.1) is 0 Å². The first-order valence-corrected chi connectivity index (χ1v) is 7.97. The molecule has 0 unspecified atom stereocenters. The van der Waals surface area contributed by atoms with E-state index in [1.807, 2.05) is 4.68 Å². The molecule has 114 valence electrons. The number of hydrogen-bond acceptors (Lipinski definition) is 3. The summed E-state index contributed by atoms with van der Waals surface area (Å²) in [5, 5.41) is 8.03. The summed E-state index contributed by atoms with van der Waals surface area (Å²) in [4.78, 5) is 4.57. The van der Waals surface area contributed by atoms with E-state index in [1.165, 1.54) is 11.1 Å². The summed E-state index contributed by atoms with van der Waals surface area (Å²) < 4.78 is 2.04. The molecule has 1 heterocycles. The monoisotopic (exact) mass is 286 g/mol. The second-order valence-electron chi connectivity index (χ2n) is 5.31. The van der Waals surface area contributed by atoms with Crippen molar-refractivity contribution in [3.63, 3.8) is 0 Å². The fourth-order valence-electron chi connectivity index (χ4n) is 2.38. The highest BCUT2D eigenvalue weighted by molar-refractivity contribution is 5.23. The molecule has 0 amide bonds. The molecule has 21 heavy (non-hydrogen) atoms. The van der Waals surface area contributed by atoms with Crippen LogP contribution in [-0.2, 0) is 25.9 Å². The summed E-state index contributed by atoms with van der Waals surface area (Å²) in [5.74, 6) is 2.01. The molecule has 4 heteroatoms. The SMILES string of the molecule is CCCNCc1cccc(Cn2nc(CC)nc2CC)c1. The average molecular weight is 286 g/mol. The summed E-state index contributed by atoms with van der Waals surface area (Å²) in [5.41, 5.74) is 2.61. The Balaban J connectivity index is 2.08. The molecule has 0 aliphatic carbocycles. The Morgan fingerprint density at radius 2 is 1.90 bits per heavy atom. The van der Waals surface area contributed by atoms with Gasteiger partial charge in [0.15, 0.2) is 5.82 Å². The lowest BCUT2D eigenvalue weighted by Crippen LogP contribution is -2.14. The van der Waals surface area contributed by atoms with Crippen molar-refractivity contribution in [2.45, 2.75) is 53.1 Å². The molecule has 0 saturated carbocycles. The van der Waals surface area contributed by atoms with Crippen molar-refractivity contribution in [3.8, 4) is 0 Å². The van der Waals surface area contributed by atoms with Crippen LogP contribution in [0.25, 0.3) is 0 Å². The van der Waals surface area contributed by atoms with E-state index in [-0.39, 0.29) is 0 Å². The van der Waals surface area contributed by atoms with Crippen LogP contribution in [-0.4, -0.2) is 21.3 Å².